The van der Waals surface area contributed by atoms with Gasteiger partial charge in [-0.3, -0.25) is 4.79 Å². The van der Waals surface area contributed by atoms with Crippen molar-refractivity contribution in [3.8, 4) is 5.88 Å². The zero-order chi connectivity index (χ0) is 13.1. The predicted octanol–water partition coefficient (Wildman–Crippen LogP) is 2.03. The minimum Gasteiger partial charge on any atom is -0.475 e. The summed E-state index contributed by atoms with van der Waals surface area (Å²) in [6.07, 6.45) is 2.02. The molecule has 98 valence electrons. The Balaban J connectivity index is 2.07. The Morgan fingerprint density at radius 1 is 1.61 bits per heavy atom. The lowest BCUT2D eigenvalue weighted by Crippen LogP contribution is -2.26. The van der Waals surface area contributed by atoms with E-state index in [9.17, 15) is 4.79 Å². The van der Waals surface area contributed by atoms with Crippen molar-refractivity contribution in [3.63, 3.8) is 0 Å². The first-order chi connectivity index (χ1) is 8.56. The highest BCUT2D eigenvalue weighted by Gasteiger charge is 2.25. The molecule has 1 aromatic rings. The third kappa shape index (κ3) is 3.71. The van der Waals surface area contributed by atoms with E-state index in [-0.39, 0.29) is 33.9 Å². The van der Waals surface area contributed by atoms with Gasteiger partial charge in [-0.1, -0.05) is 11.6 Å². The number of ether oxygens (including phenoxy) is 1. The number of rotatable bonds is 5. The Morgan fingerprint density at radius 2 is 2.33 bits per heavy atom. The minimum absolute atomic E-state index is 0.0689. The molecule has 0 saturated heterocycles. The lowest BCUT2D eigenvalue weighted by atomic mass is 10.3. The van der Waals surface area contributed by atoms with Crippen molar-refractivity contribution in [2.24, 2.45) is 0 Å². The summed E-state index contributed by atoms with van der Waals surface area (Å²) in [4.78, 5) is 11.9. The molecule has 0 spiro atoms. The second-order valence-corrected chi connectivity index (χ2v) is 5.33. The second kappa shape index (κ2) is 5.71. The summed E-state index contributed by atoms with van der Waals surface area (Å²) in [6, 6.07) is 1.74. The summed E-state index contributed by atoms with van der Waals surface area (Å²) in [5.41, 5.74) is 0.274. The summed E-state index contributed by atoms with van der Waals surface area (Å²) in [5, 5.41) is 10.2. The van der Waals surface area contributed by atoms with E-state index in [4.69, 9.17) is 27.9 Å². The molecule has 18 heavy (non-hydrogen) atoms. The fraction of sp³-hybridized carbons (Fsp3) is 0.545. The van der Waals surface area contributed by atoms with Crippen LogP contribution in [0.4, 0.5) is 0 Å². The van der Waals surface area contributed by atoms with Crippen molar-refractivity contribution in [1.29, 1.82) is 0 Å². The summed E-state index contributed by atoms with van der Waals surface area (Å²) >= 11 is 11.6. The highest BCUT2D eigenvalue weighted by molar-refractivity contribution is 6.32. The van der Waals surface area contributed by atoms with Crippen molar-refractivity contribution in [2.75, 3.05) is 6.61 Å². The normalized spacial score (nSPS) is 16.2. The number of alkyl halides is 1. The molecule has 5 nitrogen and oxygen atoms in total. The Bertz CT molecular complexity index is 450. The van der Waals surface area contributed by atoms with Gasteiger partial charge in [-0.25, -0.2) is 0 Å². The highest BCUT2D eigenvalue weighted by atomic mass is 35.5. The number of nitrogens with zero attached hydrogens (tertiary/aromatic N) is 2. The predicted molar refractivity (Wildman–Crippen MR) is 68.3 cm³/mol. The quantitative estimate of drug-likeness (QED) is 0.843. The standard InChI is InChI=1S/C11H13Cl2N3O2/c1-6(12)5-18-9-4-8(10(13)16-15-9)11(17)14-7-2-3-7/h4,6-7H,2-3,5H2,1H3,(H,14,17)/t6-/m0/s1. The number of aromatic nitrogens is 2. The Hall–Kier alpha value is -1.07. The van der Waals surface area contributed by atoms with Gasteiger partial charge in [0.25, 0.3) is 5.91 Å². The molecule has 1 aromatic heterocycles. The molecular formula is C11H13Cl2N3O2. The van der Waals surface area contributed by atoms with Crippen molar-refractivity contribution in [2.45, 2.75) is 31.2 Å². The third-order valence-corrected chi connectivity index (χ3v) is 2.75. The van der Waals surface area contributed by atoms with E-state index in [0.29, 0.717) is 6.61 Å². The van der Waals surface area contributed by atoms with Gasteiger partial charge in [0, 0.05) is 12.1 Å². The monoisotopic (exact) mass is 289 g/mol. The van der Waals surface area contributed by atoms with Crippen LogP contribution in [0, 0.1) is 0 Å². The van der Waals surface area contributed by atoms with Crippen LogP contribution in [0.5, 0.6) is 5.88 Å². The van der Waals surface area contributed by atoms with Crippen LogP contribution in [0.1, 0.15) is 30.1 Å². The number of amides is 1. The summed E-state index contributed by atoms with van der Waals surface area (Å²) < 4.78 is 5.29. The summed E-state index contributed by atoms with van der Waals surface area (Å²) in [6.45, 7) is 2.09. The van der Waals surface area contributed by atoms with Crippen molar-refractivity contribution in [3.05, 3.63) is 16.8 Å². The molecule has 1 amide bonds. The van der Waals surface area contributed by atoms with E-state index in [2.05, 4.69) is 15.5 Å². The average molecular weight is 290 g/mol. The van der Waals surface area contributed by atoms with Crippen LogP contribution >= 0.6 is 23.2 Å². The Kier molecular flexibility index (Phi) is 4.24. The molecule has 0 unspecified atom stereocenters. The molecule has 1 aliphatic carbocycles. The van der Waals surface area contributed by atoms with Gasteiger partial charge in [0.2, 0.25) is 5.88 Å². The maximum Gasteiger partial charge on any atom is 0.254 e. The smallest absolute Gasteiger partial charge is 0.254 e. The number of hydrogen-bond donors (Lipinski definition) is 1. The maximum atomic E-state index is 11.9. The molecule has 7 heteroatoms. The fourth-order valence-electron chi connectivity index (χ4n) is 1.28. The van der Waals surface area contributed by atoms with Gasteiger partial charge in [0.15, 0.2) is 5.15 Å². The van der Waals surface area contributed by atoms with Crippen LogP contribution < -0.4 is 10.1 Å². The van der Waals surface area contributed by atoms with Gasteiger partial charge in [-0.2, -0.15) is 0 Å². The van der Waals surface area contributed by atoms with E-state index in [1.807, 2.05) is 0 Å². The number of nitrogens with one attached hydrogen (secondary N) is 1. The zero-order valence-corrected chi connectivity index (χ0v) is 11.3. The van der Waals surface area contributed by atoms with E-state index in [1.54, 1.807) is 6.92 Å². The SMILES string of the molecule is C[C@H](Cl)COc1cc(C(=O)NC2CC2)c(Cl)nn1. The van der Waals surface area contributed by atoms with E-state index in [0.717, 1.165) is 12.8 Å². The first-order valence-electron chi connectivity index (χ1n) is 5.67. The lowest BCUT2D eigenvalue weighted by molar-refractivity contribution is 0.0950. The number of halogens is 2. The van der Waals surface area contributed by atoms with Crippen molar-refractivity contribution in [1.82, 2.24) is 15.5 Å². The average Bonchev–Trinajstić information content (AvgIpc) is 3.11. The zero-order valence-electron chi connectivity index (χ0n) is 9.82. The molecule has 1 heterocycles. The number of carbonyl (C=O) groups is 1. The highest BCUT2D eigenvalue weighted by Crippen LogP contribution is 2.22. The Labute approximate surface area is 115 Å². The van der Waals surface area contributed by atoms with Gasteiger partial charge >= 0.3 is 0 Å². The van der Waals surface area contributed by atoms with Gasteiger partial charge in [-0.15, -0.1) is 21.8 Å². The molecule has 1 saturated carbocycles. The van der Waals surface area contributed by atoms with Crippen LogP contribution in [0.3, 0.4) is 0 Å². The van der Waals surface area contributed by atoms with Crippen molar-refractivity contribution >= 4 is 29.1 Å². The fourth-order valence-corrected chi connectivity index (χ4v) is 1.52. The molecule has 1 fully saturated rings. The second-order valence-electron chi connectivity index (χ2n) is 4.23. The van der Waals surface area contributed by atoms with Crippen LogP contribution in [0.25, 0.3) is 0 Å². The van der Waals surface area contributed by atoms with Gasteiger partial charge in [0.1, 0.15) is 6.61 Å². The molecule has 1 aliphatic rings. The van der Waals surface area contributed by atoms with Crippen molar-refractivity contribution < 1.29 is 9.53 Å². The molecule has 1 N–H and O–H groups in total. The molecule has 0 bridgehead atoms. The molecule has 0 radical (unpaired) electrons. The van der Waals surface area contributed by atoms with Gasteiger partial charge in [0.05, 0.1) is 10.9 Å². The van der Waals surface area contributed by atoms with Crippen LogP contribution in [0.15, 0.2) is 6.07 Å². The Morgan fingerprint density at radius 3 is 2.94 bits per heavy atom. The number of carbonyl (C=O) groups excluding carboxylic acids is 1. The third-order valence-electron chi connectivity index (χ3n) is 2.34. The van der Waals surface area contributed by atoms with Crippen LogP contribution in [-0.4, -0.2) is 34.1 Å². The summed E-state index contributed by atoms with van der Waals surface area (Å²) in [7, 11) is 0. The van der Waals surface area contributed by atoms with Crippen LogP contribution in [0.2, 0.25) is 5.15 Å². The number of hydrogen-bond acceptors (Lipinski definition) is 4. The molecule has 0 aromatic carbocycles. The van der Waals surface area contributed by atoms with E-state index >= 15 is 0 Å². The molecule has 0 aliphatic heterocycles. The van der Waals surface area contributed by atoms with E-state index < -0.39 is 0 Å². The largest absolute Gasteiger partial charge is 0.475 e. The molecule has 1 atom stereocenters. The van der Waals surface area contributed by atoms with Gasteiger partial charge in [-0.05, 0) is 19.8 Å². The maximum absolute atomic E-state index is 11.9. The minimum atomic E-state index is -0.249. The summed E-state index contributed by atoms with van der Waals surface area (Å²) in [5.74, 6) is -0.00554. The topological polar surface area (TPSA) is 64.1 Å². The lowest BCUT2D eigenvalue weighted by Gasteiger charge is -2.08. The van der Waals surface area contributed by atoms with Gasteiger partial charge < -0.3 is 10.1 Å². The first kappa shape index (κ1) is 13.4. The first-order valence-corrected chi connectivity index (χ1v) is 6.48. The van der Waals surface area contributed by atoms with Crippen LogP contribution in [-0.2, 0) is 0 Å². The molecular weight excluding hydrogens is 277 g/mol. The molecule has 2 rings (SSSR count). The van der Waals surface area contributed by atoms with E-state index in [1.165, 1.54) is 6.07 Å².